The fourth-order valence-electron chi connectivity index (χ4n) is 5.18. The first kappa shape index (κ1) is 29.2. The van der Waals surface area contributed by atoms with Crippen LogP contribution in [0.5, 0.6) is 5.75 Å². The average molecular weight is 604 g/mol. The SMILES string of the molecule is Br.Cc1c(OC2CCN(CC3CCN([C@@H](Cc4ccc(F)cc4)C(=O)O)CC3)CC2)ccc(Cl)c1Cl. The highest BCUT2D eigenvalue weighted by molar-refractivity contribution is 8.93. The fourth-order valence-corrected chi connectivity index (χ4v) is 5.54. The van der Waals surface area contributed by atoms with Crippen molar-refractivity contribution in [3.63, 3.8) is 0 Å². The number of halogens is 4. The Morgan fingerprint density at radius 2 is 1.69 bits per heavy atom. The van der Waals surface area contributed by atoms with Gasteiger partial charge < -0.3 is 14.7 Å². The zero-order valence-corrected chi connectivity index (χ0v) is 23.7. The number of hydrogen-bond donors (Lipinski definition) is 1. The molecule has 1 atom stereocenters. The molecule has 36 heavy (non-hydrogen) atoms. The van der Waals surface area contributed by atoms with Crippen LogP contribution < -0.4 is 4.74 Å². The fraction of sp³-hybridized carbons (Fsp3) is 0.519. The van der Waals surface area contributed by atoms with E-state index in [9.17, 15) is 14.3 Å². The lowest BCUT2D eigenvalue weighted by Crippen LogP contribution is -2.48. The second-order valence-electron chi connectivity index (χ2n) is 9.77. The Kier molecular flexibility index (Phi) is 10.9. The van der Waals surface area contributed by atoms with E-state index in [0.29, 0.717) is 22.4 Å². The van der Waals surface area contributed by atoms with E-state index < -0.39 is 12.0 Å². The largest absolute Gasteiger partial charge is 0.490 e. The molecule has 1 N–H and O–H groups in total. The number of benzene rings is 2. The molecule has 0 bridgehead atoms. The molecule has 0 saturated carbocycles. The summed E-state index contributed by atoms with van der Waals surface area (Å²) in [4.78, 5) is 16.5. The summed E-state index contributed by atoms with van der Waals surface area (Å²) in [5.74, 6) is 0.258. The molecule has 2 saturated heterocycles. The average Bonchev–Trinajstić information content (AvgIpc) is 2.85. The van der Waals surface area contributed by atoms with E-state index in [1.807, 2.05) is 13.0 Å². The third kappa shape index (κ3) is 7.57. The van der Waals surface area contributed by atoms with Crippen LogP contribution in [0.1, 0.15) is 36.8 Å². The van der Waals surface area contributed by atoms with Gasteiger partial charge in [-0.25, -0.2) is 4.39 Å². The summed E-state index contributed by atoms with van der Waals surface area (Å²) in [6, 6.07) is 9.23. The Morgan fingerprint density at radius 3 is 2.31 bits per heavy atom. The van der Waals surface area contributed by atoms with Gasteiger partial charge in [0, 0.05) is 25.2 Å². The highest BCUT2D eigenvalue weighted by Crippen LogP contribution is 2.33. The van der Waals surface area contributed by atoms with E-state index in [1.54, 1.807) is 18.2 Å². The minimum Gasteiger partial charge on any atom is -0.490 e. The van der Waals surface area contributed by atoms with Crippen LogP contribution in [-0.2, 0) is 11.2 Å². The zero-order valence-electron chi connectivity index (χ0n) is 20.5. The summed E-state index contributed by atoms with van der Waals surface area (Å²) in [6.07, 6.45) is 4.49. The molecule has 0 aromatic heterocycles. The number of nitrogens with zero attached hydrogens (tertiary/aromatic N) is 2. The standard InChI is InChI=1S/C27H33Cl2FN2O3.BrH/c1-18-25(7-6-23(28)26(18)29)35-22-10-12-31(13-11-22)17-20-8-14-32(15-9-20)24(27(33)34)16-19-2-4-21(30)5-3-19;/h2-7,20,22,24H,8-17H2,1H3,(H,33,34);1H/t24-;/m0./s1. The summed E-state index contributed by atoms with van der Waals surface area (Å²) in [7, 11) is 0. The van der Waals surface area contributed by atoms with Gasteiger partial charge in [-0.05, 0) is 87.9 Å². The molecular weight excluding hydrogens is 570 g/mol. The van der Waals surface area contributed by atoms with Crippen LogP contribution in [0.2, 0.25) is 10.0 Å². The molecular formula is C27H34BrCl2FN2O3. The summed E-state index contributed by atoms with van der Waals surface area (Å²) < 4.78 is 19.4. The first-order valence-corrected chi connectivity index (χ1v) is 13.1. The Balaban J connectivity index is 0.00000361. The third-order valence-electron chi connectivity index (χ3n) is 7.35. The van der Waals surface area contributed by atoms with Crippen LogP contribution in [0.4, 0.5) is 4.39 Å². The van der Waals surface area contributed by atoms with Crippen molar-refractivity contribution in [2.75, 3.05) is 32.7 Å². The van der Waals surface area contributed by atoms with Gasteiger partial charge in [0.1, 0.15) is 23.7 Å². The molecule has 2 fully saturated rings. The molecule has 2 heterocycles. The number of carboxylic acids is 1. The predicted molar refractivity (Wildman–Crippen MR) is 147 cm³/mol. The third-order valence-corrected chi connectivity index (χ3v) is 8.25. The maximum atomic E-state index is 13.2. The maximum Gasteiger partial charge on any atom is 0.321 e. The number of carboxylic acid groups (broad SMARTS) is 1. The van der Waals surface area contributed by atoms with E-state index in [1.165, 1.54) is 12.1 Å². The van der Waals surface area contributed by atoms with E-state index in [2.05, 4.69) is 9.80 Å². The first-order chi connectivity index (χ1) is 16.8. The van der Waals surface area contributed by atoms with Crippen LogP contribution in [0.25, 0.3) is 0 Å². The second kappa shape index (κ2) is 13.4. The van der Waals surface area contributed by atoms with E-state index in [0.717, 1.165) is 75.3 Å². The molecule has 0 amide bonds. The van der Waals surface area contributed by atoms with Crippen molar-refractivity contribution in [1.82, 2.24) is 9.80 Å². The Morgan fingerprint density at radius 1 is 1.06 bits per heavy atom. The van der Waals surface area contributed by atoms with Gasteiger partial charge in [0.25, 0.3) is 0 Å². The van der Waals surface area contributed by atoms with Crippen molar-refractivity contribution in [3.05, 3.63) is 63.4 Å². The number of rotatable bonds is 8. The molecule has 2 aromatic rings. The van der Waals surface area contributed by atoms with E-state index in [4.69, 9.17) is 27.9 Å². The van der Waals surface area contributed by atoms with Crippen molar-refractivity contribution in [2.45, 2.75) is 51.2 Å². The molecule has 0 unspecified atom stereocenters. The van der Waals surface area contributed by atoms with Gasteiger partial charge in [0.05, 0.1) is 10.0 Å². The smallest absolute Gasteiger partial charge is 0.321 e. The number of hydrogen-bond acceptors (Lipinski definition) is 4. The van der Waals surface area contributed by atoms with Crippen molar-refractivity contribution in [3.8, 4) is 5.75 Å². The van der Waals surface area contributed by atoms with Crippen molar-refractivity contribution in [2.24, 2.45) is 5.92 Å². The van der Waals surface area contributed by atoms with E-state index in [-0.39, 0.29) is 28.9 Å². The van der Waals surface area contributed by atoms with Gasteiger partial charge in [0.15, 0.2) is 0 Å². The molecule has 0 radical (unpaired) electrons. The van der Waals surface area contributed by atoms with Crippen molar-refractivity contribution >= 4 is 46.2 Å². The number of aliphatic carboxylic acids is 1. The van der Waals surface area contributed by atoms with Gasteiger partial charge in [-0.2, -0.15) is 0 Å². The number of piperidine rings is 2. The number of carbonyl (C=O) groups is 1. The summed E-state index contributed by atoms with van der Waals surface area (Å²) in [5.41, 5.74) is 1.73. The summed E-state index contributed by atoms with van der Waals surface area (Å²) in [5, 5.41) is 10.9. The number of ether oxygens (including phenoxy) is 1. The van der Waals surface area contributed by atoms with Crippen LogP contribution in [0.3, 0.4) is 0 Å². The molecule has 198 valence electrons. The second-order valence-corrected chi connectivity index (χ2v) is 10.6. The van der Waals surface area contributed by atoms with Crippen LogP contribution in [0, 0.1) is 18.7 Å². The molecule has 0 spiro atoms. The summed E-state index contributed by atoms with van der Waals surface area (Å²) in [6.45, 7) is 6.51. The van der Waals surface area contributed by atoms with Gasteiger partial charge in [-0.1, -0.05) is 35.3 Å². The first-order valence-electron chi connectivity index (χ1n) is 12.3. The molecule has 2 aliphatic rings. The van der Waals surface area contributed by atoms with Gasteiger partial charge in [-0.3, -0.25) is 9.69 Å². The maximum absolute atomic E-state index is 13.2. The lowest BCUT2D eigenvalue weighted by Gasteiger charge is -2.39. The lowest BCUT2D eigenvalue weighted by atomic mass is 9.93. The molecule has 9 heteroatoms. The Hall–Kier alpha value is -1.38. The molecule has 0 aliphatic carbocycles. The Labute approximate surface area is 233 Å². The molecule has 5 nitrogen and oxygen atoms in total. The monoisotopic (exact) mass is 602 g/mol. The highest BCUT2D eigenvalue weighted by atomic mass is 79.9. The Bertz CT molecular complexity index is 1010. The summed E-state index contributed by atoms with van der Waals surface area (Å²) >= 11 is 12.3. The minimum absolute atomic E-state index is 0. The van der Waals surface area contributed by atoms with Crippen molar-refractivity contribution < 1.29 is 19.0 Å². The van der Waals surface area contributed by atoms with E-state index >= 15 is 0 Å². The lowest BCUT2D eigenvalue weighted by molar-refractivity contribution is -0.144. The highest BCUT2D eigenvalue weighted by Gasteiger charge is 2.31. The quantitative estimate of drug-likeness (QED) is 0.385. The van der Waals surface area contributed by atoms with Gasteiger partial charge >= 0.3 is 5.97 Å². The zero-order chi connectivity index (χ0) is 24.9. The molecule has 2 aliphatic heterocycles. The van der Waals surface area contributed by atoms with Gasteiger partial charge in [-0.15, -0.1) is 17.0 Å². The van der Waals surface area contributed by atoms with Crippen molar-refractivity contribution in [1.29, 1.82) is 0 Å². The van der Waals surface area contributed by atoms with Crippen LogP contribution in [-0.4, -0.2) is 65.7 Å². The topological polar surface area (TPSA) is 53.0 Å². The van der Waals surface area contributed by atoms with Crippen LogP contribution >= 0.6 is 40.2 Å². The molecule has 4 rings (SSSR count). The minimum atomic E-state index is -0.813. The predicted octanol–water partition coefficient (Wildman–Crippen LogP) is 6.27. The van der Waals surface area contributed by atoms with Crippen LogP contribution in [0.15, 0.2) is 36.4 Å². The number of likely N-dealkylation sites (tertiary alicyclic amines) is 2. The normalized spacial score (nSPS) is 19.0. The van der Waals surface area contributed by atoms with Gasteiger partial charge in [0.2, 0.25) is 0 Å². The molecule has 2 aromatic carbocycles.